The van der Waals surface area contributed by atoms with Gasteiger partial charge in [-0.05, 0) is 25.0 Å². The van der Waals surface area contributed by atoms with E-state index in [1.165, 1.54) is 0 Å². The first-order valence-corrected chi connectivity index (χ1v) is 7.87. The molecule has 0 radical (unpaired) electrons. The SMILES string of the molecule is CCCCOCCCNC(=O)/C(C#N)=C\Nc1ccc(F)c(F)c1F. The topological polar surface area (TPSA) is 74.1 Å². The van der Waals surface area contributed by atoms with Crippen LogP contribution in [0.4, 0.5) is 18.9 Å². The van der Waals surface area contributed by atoms with Crippen LogP contribution < -0.4 is 10.6 Å². The molecule has 5 nitrogen and oxygen atoms in total. The predicted molar refractivity (Wildman–Crippen MR) is 87.0 cm³/mol. The van der Waals surface area contributed by atoms with Gasteiger partial charge in [-0.1, -0.05) is 13.3 Å². The molecule has 0 aliphatic rings. The summed E-state index contributed by atoms with van der Waals surface area (Å²) in [5, 5.41) is 13.8. The summed E-state index contributed by atoms with van der Waals surface area (Å²) in [6, 6.07) is 3.35. The summed E-state index contributed by atoms with van der Waals surface area (Å²) in [5.41, 5.74) is -0.709. The smallest absolute Gasteiger partial charge is 0.263 e. The van der Waals surface area contributed by atoms with Crippen molar-refractivity contribution in [3.63, 3.8) is 0 Å². The lowest BCUT2D eigenvalue weighted by atomic mass is 10.2. The van der Waals surface area contributed by atoms with E-state index in [1.807, 2.05) is 0 Å². The Kier molecular flexibility index (Phi) is 9.11. The zero-order valence-corrected chi connectivity index (χ0v) is 13.9. The number of nitriles is 1. The molecule has 1 aromatic carbocycles. The van der Waals surface area contributed by atoms with Crippen molar-refractivity contribution in [3.8, 4) is 6.07 Å². The van der Waals surface area contributed by atoms with Crippen molar-refractivity contribution in [1.29, 1.82) is 5.26 Å². The third kappa shape index (κ3) is 6.85. The van der Waals surface area contributed by atoms with Gasteiger partial charge in [-0.2, -0.15) is 5.26 Å². The first-order chi connectivity index (χ1) is 12.0. The zero-order chi connectivity index (χ0) is 18.7. The molecule has 0 unspecified atom stereocenters. The van der Waals surface area contributed by atoms with Crippen molar-refractivity contribution in [3.05, 3.63) is 41.4 Å². The molecule has 0 aromatic heterocycles. The number of hydrogen-bond acceptors (Lipinski definition) is 4. The Balaban J connectivity index is 2.49. The molecular weight excluding hydrogens is 335 g/mol. The highest BCUT2D eigenvalue weighted by Crippen LogP contribution is 2.19. The number of hydrogen-bond donors (Lipinski definition) is 2. The number of anilines is 1. The highest BCUT2D eigenvalue weighted by molar-refractivity contribution is 5.97. The molecule has 136 valence electrons. The lowest BCUT2D eigenvalue weighted by Gasteiger charge is -2.07. The fourth-order valence-corrected chi connectivity index (χ4v) is 1.76. The molecule has 25 heavy (non-hydrogen) atoms. The van der Waals surface area contributed by atoms with Crippen molar-refractivity contribution < 1.29 is 22.7 Å². The van der Waals surface area contributed by atoms with E-state index in [0.717, 1.165) is 31.2 Å². The molecule has 8 heteroatoms. The lowest BCUT2D eigenvalue weighted by molar-refractivity contribution is -0.117. The standard InChI is InChI=1S/C17H20F3N3O2/c1-2-3-8-25-9-4-7-22-17(24)12(10-21)11-23-14-6-5-13(18)15(19)16(14)20/h5-6,11,23H,2-4,7-9H2,1H3,(H,22,24)/b12-11-. The Morgan fingerprint density at radius 2 is 1.96 bits per heavy atom. The highest BCUT2D eigenvalue weighted by atomic mass is 19.2. The van der Waals surface area contributed by atoms with Crippen molar-refractivity contribution in [2.75, 3.05) is 25.1 Å². The first kappa shape index (κ1) is 20.5. The minimum absolute atomic E-state index is 0.309. The number of benzene rings is 1. The molecule has 0 saturated heterocycles. The van der Waals surface area contributed by atoms with E-state index in [2.05, 4.69) is 17.6 Å². The number of ether oxygens (including phenoxy) is 1. The lowest BCUT2D eigenvalue weighted by Crippen LogP contribution is -2.26. The summed E-state index contributed by atoms with van der Waals surface area (Å²) in [4.78, 5) is 11.8. The maximum Gasteiger partial charge on any atom is 0.263 e. The van der Waals surface area contributed by atoms with Gasteiger partial charge < -0.3 is 15.4 Å². The van der Waals surface area contributed by atoms with E-state index in [0.29, 0.717) is 26.2 Å². The molecule has 1 rings (SSSR count). The van der Waals surface area contributed by atoms with Crippen molar-refractivity contribution >= 4 is 11.6 Å². The molecule has 0 aliphatic heterocycles. The van der Waals surface area contributed by atoms with Crippen LogP contribution in [-0.4, -0.2) is 25.7 Å². The maximum atomic E-state index is 13.5. The molecule has 0 spiro atoms. The van der Waals surface area contributed by atoms with Gasteiger partial charge in [0.05, 0.1) is 5.69 Å². The van der Waals surface area contributed by atoms with E-state index in [9.17, 15) is 18.0 Å². The molecule has 0 bridgehead atoms. The number of carbonyl (C=O) groups excluding carboxylic acids is 1. The number of amides is 1. The third-order valence-electron chi connectivity index (χ3n) is 3.17. The van der Waals surface area contributed by atoms with E-state index >= 15 is 0 Å². The number of unbranched alkanes of at least 4 members (excludes halogenated alkanes) is 1. The van der Waals surface area contributed by atoms with Crippen LogP contribution in [0.15, 0.2) is 23.9 Å². The summed E-state index contributed by atoms with van der Waals surface area (Å²) in [6.45, 7) is 3.52. The highest BCUT2D eigenvalue weighted by Gasteiger charge is 2.13. The van der Waals surface area contributed by atoms with Crippen LogP contribution in [0.25, 0.3) is 0 Å². The predicted octanol–water partition coefficient (Wildman–Crippen LogP) is 3.25. The van der Waals surface area contributed by atoms with Gasteiger partial charge in [0.15, 0.2) is 17.5 Å². The van der Waals surface area contributed by atoms with Crippen LogP contribution >= 0.6 is 0 Å². The van der Waals surface area contributed by atoms with Crippen LogP contribution in [0, 0.1) is 28.8 Å². The van der Waals surface area contributed by atoms with Crippen LogP contribution in [0.5, 0.6) is 0 Å². The van der Waals surface area contributed by atoms with Crippen LogP contribution in [0.3, 0.4) is 0 Å². The second kappa shape index (κ2) is 11.1. The Labute approximate surface area is 144 Å². The first-order valence-electron chi connectivity index (χ1n) is 7.87. The van der Waals surface area contributed by atoms with Gasteiger partial charge in [-0.25, -0.2) is 13.2 Å². The van der Waals surface area contributed by atoms with E-state index in [4.69, 9.17) is 10.00 Å². The minimum Gasteiger partial charge on any atom is -0.381 e. The van der Waals surface area contributed by atoms with Crippen molar-refractivity contribution in [2.24, 2.45) is 0 Å². The van der Waals surface area contributed by atoms with Gasteiger partial charge >= 0.3 is 0 Å². The zero-order valence-electron chi connectivity index (χ0n) is 13.9. The van der Waals surface area contributed by atoms with Crippen LogP contribution in [0.1, 0.15) is 26.2 Å². The summed E-state index contributed by atoms with van der Waals surface area (Å²) in [7, 11) is 0. The normalized spacial score (nSPS) is 11.1. The van der Waals surface area contributed by atoms with Crippen molar-refractivity contribution in [1.82, 2.24) is 5.32 Å². The number of nitrogens with one attached hydrogen (secondary N) is 2. The minimum atomic E-state index is -1.63. The second-order valence-electron chi connectivity index (χ2n) is 5.11. The Hall–Kier alpha value is -2.53. The summed E-state index contributed by atoms with van der Waals surface area (Å²) in [6.07, 6.45) is 3.53. The number of halogens is 3. The molecule has 0 saturated carbocycles. The van der Waals surface area contributed by atoms with Gasteiger partial charge in [0.1, 0.15) is 11.6 Å². The Morgan fingerprint density at radius 3 is 2.64 bits per heavy atom. The molecule has 0 fully saturated rings. The van der Waals surface area contributed by atoms with E-state index in [-0.39, 0.29) is 11.3 Å². The fraction of sp³-hybridized carbons (Fsp3) is 0.412. The quantitative estimate of drug-likeness (QED) is 0.292. The fourth-order valence-electron chi connectivity index (χ4n) is 1.76. The van der Waals surface area contributed by atoms with E-state index in [1.54, 1.807) is 6.07 Å². The van der Waals surface area contributed by atoms with Crippen molar-refractivity contribution in [2.45, 2.75) is 26.2 Å². The Morgan fingerprint density at radius 1 is 1.24 bits per heavy atom. The van der Waals surface area contributed by atoms with E-state index < -0.39 is 23.4 Å². The van der Waals surface area contributed by atoms with Gasteiger partial charge in [0, 0.05) is 26.0 Å². The third-order valence-corrected chi connectivity index (χ3v) is 3.17. The summed E-state index contributed by atoms with van der Waals surface area (Å²) >= 11 is 0. The van der Waals surface area contributed by atoms with Gasteiger partial charge in [-0.15, -0.1) is 0 Å². The number of rotatable bonds is 10. The number of nitrogens with zero attached hydrogens (tertiary/aromatic N) is 1. The van der Waals surface area contributed by atoms with Crippen LogP contribution in [0.2, 0.25) is 0 Å². The molecule has 2 N–H and O–H groups in total. The van der Waals surface area contributed by atoms with Gasteiger partial charge in [-0.3, -0.25) is 4.79 Å². The van der Waals surface area contributed by atoms with Crippen LogP contribution in [-0.2, 0) is 9.53 Å². The molecule has 0 aliphatic carbocycles. The molecule has 1 amide bonds. The summed E-state index contributed by atoms with van der Waals surface area (Å²) < 4.78 is 44.8. The number of carbonyl (C=O) groups is 1. The Bertz CT molecular complexity index is 657. The molecular formula is C17H20F3N3O2. The average molecular weight is 355 g/mol. The largest absolute Gasteiger partial charge is 0.381 e. The monoisotopic (exact) mass is 355 g/mol. The van der Waals surface area contributed by atoms with Gasteiger partial charge in [0.25, 0.3) is 5.91 Å². The average Bonchev–Trinajstić information content (AvgIpc) is 2.61. The summed E-state index contributed by atoms with van der Waals surface area (Å²) in [5.74, 6) is -5.06. The van der Waals surface area contributed by atoms with Gasteiger partial charge in [0.2, 0.25) is 0 Å². The molecule has 0 heterocycles. The molecule has 0 atom stereocenters. The second-order valence-corrected chi connectivity index (χ2v) is 5.11. The molecule has 1 aromatic rings. The maximum absolute atomic E-state index is 13.5.